The van der Waals surface area contributed by atoms with Crippen LogP contribution in [0.2, 0.25) is 0 Å². The number of hydrogen-bond acceptors (Lipinski definition) is 3. The van der Waals surface area contributed by atoms with Crippen LogP contribution in [0.15, 0.2) is 36.5 Å². The molecule has 3 heteroatoms. The molecule has 2 rings (SSSR count). The second-order valence-electron chi connectivity index (χ2n) is 3.81. The summed E-state index contributed by atoms with van der Waals surface area (Å²) in [6.07, 6.45) is 2.70. The number of aromatic nitrogens is 1. The number of pyridine rings is 1. The van der Waals surface area contributed by atoms with E-state index in [1.54, 1.807) is 6.20 Å². The van der Waals surface area contributed by atoms with E-state index in [4.69, 9.17) is 10.5 Å². The lowest BCUT2D eigenvalue weighted by atomic mass is 10.2. The van der Waals surface area contributed by atoms with Gasteiger partial charge in [0, 0.05) is 17.6 Å². The van der Waals surface area contributed by atoms with E-state index in [2.05, 4.69) is 11.9 Å². The van der Waals surface area contributed by atoms with Gasteiger partial charge in [0.1, 0.15) is 12.4 Å². The highest BCUT2D eigenvalue weighted by atomic mass is 16.5. The summed E-state index contributed by atoms with van der Waals surface area (Å²) in [6, 6.07) is 9.88. The monoisotopic (exact) mass is 216 g/mol. The van der Waals surface area contributed by atoms with E-state index in [1.807, 2.05) is 30.3 Å². The maximum absolute atomic E-state index is 5.82. The Morgan fingerprint density at radius 2 is 2.19 bits per heavy atom. The molecule has 1 heterocycles. The van der Waals surface area contributed by atoms with Crippen LogP contribution in [0.4, 0.5) is 0 Å². The highest BCUT2D eigenvalue weighted by Crippen LogP contribution is 2.23. The Labute approximate surface area is 95.2 Å². The Bertz CT molecular complexity index is 465. The molecular weight excluding hydrogens is 200 g/mol. The van der Waals surface area contributed by atoms with Crippen molar-refractivity contribution < 1.29 is 4.74 Å². The van der Waals surface area contributed by atoms with Crippen LogP contribution in [0.3, 0.4) is 0 Å². The molecule has 0 amide bonds. The topological polar surface area (TPSA) is 48.1 Å². The number of ether oxygens (including phenoxy) is 1. The van der Waals surface area contributed by atoms with E-state index in [9.17, 15) is 0 Å². The van der Waals surface area contributed by atoms with Crippen molar-refractivity contribution in [2.24, 2.45) is 5.73 Å². The molecule has 0 saturated heterocycles. The number of benzene rings is 1. The Kier molecular flexibility index (Phi) is 3.37. The summed E-state index contributed by atoms with van der Waals surface area (Å²) in [7, 11) is 0. The summed E-state index contributed by atoms with van der Waals surface area (Å²) in [4.78, 5) is 4.28. The molecule has 1 aromatic heterocycles. The second kappa shape index (κ2) is 4.94. The lowest BCUT2D eigenvalue weighted by Crippen LogP contribution is -2.26. The number of hydrogen-bond donors (Lipinski definition) is 1. The lowest BCUT2D eigenvalue weighted by Gasteiger charge is -2.12. The maximum Gasteiger partial charge on any atom is 0.128 e. The molecule has 0 aliphatic carbocycles. The van der Waals surface area contributed by atoms with Crippen LogP contribution in [-0.4, -0.2) is 17.6 Å². The molecular formula is C13H16N2O. The van der Waals surface area contributed by atoms with Crippen LogP contribution in [-0.2, 0) is 0 Å². The molecule has 0 spiro atoms. The average molecular weight is 216 g/mol. The van der Waals surface area contributed by atoms with E-state index in [-0.39, 0.29) is 6.04 Å². The van der Waals surface area contributed by atoms with Crippen LogP contribution in [0.1, 0.15) is 13.3 Å². The van der Waals surface area contributed by atoms with Crippen molar-refractivity contribution in [3.8, 4) is 5.75 Å². The van der Waals surface area contributed by atoms with E-state index >= 15 is 0 Å². The van der Waals surface area contributed by atoms with Gasteiger partial charge in [-0.25, -0.2) is 0 Å². The van der Waals surface area contributed by atoms with Gasteiger partial charge in [-0.05, 0) is 30.7 Å². The lowest BCUT2D eigenvalue weighted by molar-refractivity contribution is 0.288. The minimum absolute atomic E-state index is 0.0897. The van der Waals surface area contributed by atoms with Crippen LogP contribution in [0, 0.1) is 0 Å². The van der Waals surface area contributed by atoms with Gasteiger partial charge in [0.05, 0.1) is 5.52 Å². The highest BCUT2D eigenvalue weighted by molar-refractivity contribution is 5.84. The van der Waals surface area contributed by atoms with Crippen molar-refractivity contribution in [3.05, 3.63) is 36.5 Å². The normalized spacial score (nSPS) is 12.6. The quantitative estimate of drug-likeness (QED) is 0.853. The summed E-state index contributed by atoms with van der Waals surface area (Å²) < 4.78 is 5.71. The van der Waals surface area contributed by atoms with Gasteiger partial charge in [0.2, 0.25) is 0 Å². The van der Waals surface area contributed by atoms with E-state index in [0.717, 1.165) is 23.1 Å². The van der Waals surface area contributed by atoms with Gasteiger partial charge in [-0.15, -0.1) is 0 Å². The number of rotatable bonds is 4. The zero-order valence-electron chi connectivity index (χ0n) is 9.39. The minimum atomic E-state index is 0.0897. The number of fused-ring (bicyclic) bond motifs is 1. The van der Waals surface area contributed by atoms with Gasteiger partial charge in [-0.2, -0.15) is 0 Å². The van der Waals surface area contributed by atoms with E-state index < -0.39 is 0 Å². The molecule has 3 nitrogen and oxygen atoms in total. The van der Waals surface area contributed by atoms with Crippen molar-refractivity contribution in [3.63, 3.8) is 0 Å². The van der Waals surface area contributed by atoms with Gasteiger partial charge in [0.25, 0.3) is 0 Å². The molecule has 84 valence electrons. The van der Waals surface area contributed by atoms with E-state index in [1.165, 1.54) is 0 Å². The Balaban J connectivity index is 2.23. The van der Waals surface area contributed by atoms with Crippen LogP contribution in [0.5, 0.6) is 5.75 Å². The van der Waals surface area contributed by atoms with Crippen LogP contribution >= 0.6 is 0 Å². The van der Waals surface area contributed by atoms with Gasteiger partial charge >= 0.3 is 0 Å². The fourth-order valence-electron chi connectivity index (χ4n) is 1.52. The van der Waals surface area contributed by atoms with E-state index in [0.29, 0.717) is 6.61 Å². The zero-order valence-corrected chi connectivity index (χ0v) is 9.39. The molecule has 0 saturated carbocycles. The molecule has 2 N–H and O–H groups in total. The first-order chi connectivity index (χ1) is 7.81. The summed E-state index contributed by atoms with van der Waals surface area (Å²) in [5.41, 5.74) is 6.77. The zero-order chi connectivity index (χ0) is 11.4. The third-order valence-corrected chi connectivity index (χ3v) is 2.58. The summed E-state index contributed by atoms with van der Waals surface area (Å²) >= 11 is 0. The molecule has 1 unspecified atom stereocenters. The van der Waals surface area contributed by atoms with Crippen molar-refractivity contribution >= 4 is 10.9 Å². The molecule has 0 radical (unpaired) electrons. The predicted molar refractivity (Wildman–Crippen MR) is 65.5 cm³/mol. The first-order valence-electron chi connectivity index (χ1n) is 5.53. The average Bonchev–Trinajstić information content (AvgIpc) is 2.35. The summed E-state index contributed by atoms with van der Waals surface area (Å²) in [5, 5.41) is 1.04. The largest absolute Gasteiger partial charge is 0.491 e. The van der Waals surface area contributed by atoms with Crippen molar-refractivity contribution in [2.75, 3.05) is 6.61 Å². The van der Waals surface area contributed by atoms with Crippen LogP contribution < -0.4 is 10.5 Å². The molecule has 1 atom stereocenters. The maximum atomic E-state index is 5.82. The van der Waals surface area contributed by atoms with Gasteiger partial charge in [-0.1, -0.05) is 13.0 Å². The number of nitrogens with zero attached hydrogens (tertiary/aromatic N) is 1. The second-order valence-corrected chi connectivity index (χ2v) is 3.81. The fourth-order valence-corrected chi connectivity index (χ4v) is 1.52. The Morgan fingerprint density at radius 1 is 1.31 bits per heavy atom. The molecule has 2 aromatic rings. The van der Waals surface area contributed by atoms with Gasteiger partial charge in [0.15, 0.2) is 0 Å². The standard InChI is InChI=1S/C13H16N2O/c1-2-10(14)9-16-13-7-3-6-12-11(13)5-4-8-15-12/h3-8,10H,2,9,14H2,1H3. The van der Waals surface area contributed by atoms with Crippen molar-refractivity contribution in [2.45, 2.75) is 19.4 Å². The Hall–Kier alpha value is -1.61. The smallest absolute Gasteiger partial charge is 0.128 e. The third-order valence-electron chi connectivity index (χ3n) is 2.58. The molecule has 0 fully saturated rings. The first-order valence-corrected chi connectivity index (χ1v) is 5.53. The fraction of sp³-hybridized carbons (Fsp3) is 0.308. The third kappa shape index (κ3) is 2.31. The minimum Gasteiger partial charge on any atom is -0.491 e. The molecule has 0 aliphatic heterocycles. The predicted octanol–water partition coefficient (Wildman–Crippen LogP) is 2.35. The van der Waals surface area contributed by atoms with Crippen molar-refractivity contribution in [1.29, 1.82) is 0 Å². The van der Waals surface area contributed by atoms with Crippen LogP contribution in [0.25, 0.3) is 10.9 Å². The van der Waals surface area contributed by atoms with Gasteiger partial charge in [-0.3, -0.25) is 4.98 Å². The molecule has 1 aromatic carbocycles. The number of nitrogens with two attached hydrogens (primary N) is 1. The Morgan fingerprint density at radius 3 is 3.00 bits per heavy atom. The first kappa shape index (κ1) is 10.9. The molecule has 0 bridgehead atoms. The summed E-state index contributed by atoms with van der Waals surface area (Å²) in [5.74, 6) is 0.856. The van der Waals surface area contributed by atoms with Gasteiger partial charge < -0.3 is 10.5 Å². The molecule has 0 aliphatic rings. The van der Waals surface area contributed by atoms with Crippen molar-refractivity contribution in [1.82, 2.24) is 4.98 Å². The molecule has 16 heavy (non-hydrogen) atoms. The SMILES string of the molecule is CCC(N)COc1cccc2ncccc12. The summed E-state index contributed by atoms with van der Waals surface area (Å²) in [6.45, 7) is 2.60. The highest BCUT2D eigenvalue weighted by Gasteiger charge is 2.04.